The molecule has 5 rings (SSSR count). The van der Waals surface area contributed by atoms with E-state index >= 15 is 0 Å². The summed E-state index contributed by atoms with van der Waals surface area (Å²) >= 11 is 0. The third-order valence-electron chi connectivity index (χ3n) is 6.56. The van der Waals surface area contributed by atoms with Crippen molar-refractivity contribution in [3.63, 3.8) is 0 Å². The van der Waals surface area contributed by atoms with Crippen LogP contribution in [-0.2, 0) is 7.05 Å². The Hall–Kier alpha value is -3.41. The van der Waals surface area contributed by atoms with Crippen LogP contribution < -0.4 is 0 Å². The number of aryl methyl sites for hydroxylation is 1. The molecule has 1 atom stereocenters. The van der Waals surface area contributed by atoms with Gasteiger partial charge in [-0.15, -0.1) is 0 Å². The van der Waals surface area contributed by atoms with Crippen LogP contribution in [0.5, 0.6) is 0 Å². The quantitative estimate of drug-likeness (QED) is 0.523. The summed E-state index contributed by atoms with van der Waals surface area (Å²) in [5.41, 5.74) is 5.15. The SMILES string of the molecule is C\C=C/C(=C\C=C\c1cnn(C)c1)N1CCC([C@H]2c3c(F)cccc3-c3cncn32)CC1. The minimum absolute atomic E-state index is 0.0328. The summed E-state index contributed by atoms with van der Waals surface area (Å²) in [4.78, 5) is 6.77. The lowest BCUT2D eigenvalue weighted by Crippen LogP contribution is -2.35. The van der Waals surface area contributed by atoms with Gasteiger partial charge in [0, 0.05) is 48.7 Å². The zero-order valence-corrected chi connectivity index (χ0v) is 18.5. The molecule has 0 aliphatic carbocycles. The molecule has 0 bridgehead atoms. The van der Waals surface area contributed by atoms with Gasteiger partial charge in [0.2, 0.25) is 0 Å². The van der Waals surface area contributed by atoms with Gasteiger partial charge in [-0.05, 0) is 43.9 Å². The van der Waals surface area contributed by atoms with Gasteiger partial charge in [0.15, 0.2) is 0 Å². The van der Waals surface area contributed by atoms with Crippen molar-refractivity contribution in [1.82, 2.24) is 24.2 Å². The Morgan fingerprint density at radius 3 is 2.78 bits per heavy atom. The van der Waals surface area contributed by atoms with E-state index in [0.717, 1.165) is 48.3 Å². The number of piperidine rings is 1. The van der Waals surface area contributed by atoms with Crippen LogP contribution in [-0.4, -0.2) is 37.3 Å². The Morgan fingerprint density at radius 1 is 1.19 bits per heavy atom. The molecule has 0 amide bonds. The number of fused-ring (bicyclic) bond motifs is 3. The Morgan fingerprint density at radius 2 is 2.03 bits per heavy atom. The first-order chi connectivity index (χ1) is 15.7. The molecule has 0 saturated carbocycles. The highest BCUT2D eigenvalue weighted by molar-refractivity contribution is 5.69. The number of aromatic nitrogens is 4. The number of halogens is 1. The molecule has 2 aliphatic rings. The smallest absolute Gasteiger partial charge is 0.129 e. The second-order valence-electron chi connectivity index (χ2n) is 8.55. The van der Waals surface area contributed by atoms with Gasteiger partial charge < -0.3 is 9.47 Å². The van der Waals surface area contributed by atoms with Gasteiger partial charge in [-0.2, -0.15) is 5.10 Å². The predicted octanol–water partition coefficient (Wildman–Crippen LogP) is 5.21. The molecule has 164 valence electrons. The Balaban J connectivity index is 1.32. The van der Waals surface area contributed by atoms with Crippen LogP contribution in [0.3, 0.4) is 0 Å². The van der Waals surface area contributed by atoms with Crippen LogP contribution in [0, 0.1) is 11.7 Å². The van der Waals surface area contributed by atoms with Gasteiger partial charge in [0.1, 0.15) is 5.82 Å². The first-order valence-electron chi connectivity index (χ1n) is 11.2. The summed E-state index contributed by atoms with van der Waals surface area (Å²) in [6, 6.07) is 5.43. The summed E-state index contributed by atoms with van der Waals surface area (Å²) in [6.07, 6.45) is 20.1. The van der Waals surface area contributed by atoms with Crippen molar-refractivity contribution in [1.29, 1.82) is 0 Å². The fraction of sp³-hybridized carbons (Fsp3) is 0.308. The van der Waals surface area contributed by atoms with E-state index in [4.69, 9.17) is 0 Å². The lowest BCUT2D eigenvalue weighted by Gasteiger charge is -2.37. The maximum atomic E-state index is 14.8. The highest BCUT2D eigenvalue weighted by Gasteiger charge is 2.37. The van der Waals surface area contributed by atoms with Crippen LogP contribution in [0.25, 0.3) is 17.3 Å². The molecular weight excluding hydrogens is 401 g/mol. The summed E-state index contributed by atoms with van der Waals surface area (Å²) in [5, 5.41) is 4.21. The number of hydrogen-bond acceptors (Lipinski definition) is 3. The van der Waals surface area contributed by atoms with Gasteiger partial charge in [-0.1, -0.05) is 30.4 Å². The third kappa shape index (κ3) is 3.70. The molecule has 0 unspecified atom stereocenters. The number of likely N-dealkylation sites (tertiary alicyclic amines) is 1. The zero-order chi connectivity index (χ0) is 22.1. The van der Waals surface area contributed by atoms with Crippen molar-refractivity contribution in [2.45, 2.75) is 25.8 Å². The van der Waals surface area contributed by atoms with Crippen molar-refractivity contribution in [3.8, 4) is 11.3 Å². The predicted molar refractivity (Wildman–Crippen MR) is 125 cm³/mol. The van der Waals surface area contributed by atoms with E-state index in [9.17, 15) is 4.39 Å². The fourth-order valence-corrected chi connectivity index (χ4v) is 5.09. The molecule has 6 heteroatoms. The second kappa shape index (κ2) is 8.61. The number of hydrogen-bond donors (Lipinski definition) is 0. The largest absolute Gasteiger partial charge is 0.372 e. The monoisotopic (exact) mass is 429 g/mol. The molecule has 32 heavy (non-hydrogen) atoms. The lowest BCUT2D eigenvalue weighted by atomic mass is 9.85. The topological polar surface area (TPSA) is 38.9 Å². The third-order valence-corrected chi connectivity index (χ3v) is 6.56. The summed E-state index contributed by atoms with van der Waals surface area (Å²) in [7, 11) is 1.92. The van der Waals surface area contributed by atoms with E-state index in [-0.39, 0.29) is 11.9 Å². The number of allylic oxidation sites excluding steroid dienone is 4. The highest BCUT2D eigenvalue weighted by Crippen LogP contribution is 2.46. The molecule has 1 saturated heterocycles. The van der Waals surface area contributed by atoms with Gasteiger partial charge in [0.25, 0.3) is 0 Å². The van der Waals surface area contributed by atoms with Crippen molar-refractivity contribution in [2.24, 2.45) is 13.0 Å². The molecule has 0 spiro atoms. The molecule has 0 radical (unpaired) electrons. The molecule has 5 nitrogen and oxygen atoms in total. The molecule has 1 fully saturated rings. The standard InChI is InChI=1S/C26H28FN5/c1-3-6-21(8-4-7-19-15-29-30(2)17-19)31-13-11-20(12-14-31)26-25-22(9-5-10-23(25)27)24-16-28-18-32(24)26/h3-10,15-18,20,26H,11-14H2,1-2H3/b6-3-,7-4+,21-8+/t26-/m0/s1. The lowest BCUT2D eigenvalue weighted by molar-refractivity contribution is 0.198. The maximum absolute atomic E-state index is 14.8. The Bertz CT molecular complexity index is 1190. The van der Waals surface area contributed by atoms with E-state index < -0.39 is 0 Å². The zero-order valence-electron chi connectivity index (χ0n) is 18.5. The molecule has 2 aromatic heterocycles. The van der Waals surface area contributed by atoms with Crippen molar-refractivity contribution in [3.05, 3.63) is 90.1 Å². The number of imidazole rings is 1. The van der Waals surface area contributed by atoms with E-state index in [1.165, 1.54) is 5.70 Å². The van der Waals surface area contributed by atoms with Crippen LogP contribution in [0.2, 0.25) is 0 Å². The summed E-state index contributed by atoms with van der Waals surface area (Å²) < 4.78 is 18.8. The molecule has 0 N–H and O–H groups in total. The van der Waals surface area contributed by atoms with Gasteiger partial charge in [-0.25, -0.2) is 9.37 Å². The molecular formula is C26H28FN5. The first-order valence-corrected chi connectivity index (χ1v) is 11.2. The van der Waals surface area contributed by atoms with Crippen LogP contribution in [0.15, 0.2) is 73.1 Å². The van der Waals surface area contributed by atoms with Crippen LogP contribution in [0.4, 0.5) is 4.39 Å². The first kappa shape index (κ1) is 20.5. The Labute approximate surface area is 188 Å². The minimum atomic E-state index is -0.103. The van der Waals surface area contributed by atoms with E-state index in [1.807, 2.05) is 45.0 Å². The fourth-order valence-electron chi connectivity index (χ4n) is 5.09. The van der Waals surface area contributed by atoms with Crippen molar-refractivity contribution in [2.75, 3.05) is 13.1 Å². The van der Waals surface area contributed by atoms with E-state index in [1.54, 1.807) is 16.8 Å². The minimum Gasteiger partial charge on any atom is -0.372 e. The van der Waals surface area contributed by atoms with E-state index in [2.05, 4.69) is 49.9 Å². The molecule has 1 aromatic carbocycles. The number of rotatable bonds is 5. The van der Waals surface area contributed by atoms with Gasteiger partial charge >= 0.3 is 0 Å². The average Bonchev–Trinajstić information content (AvgIpc) is 3.50. The van der Waals surface area contributed by atoms with Gasteiger partial charge in [0.05, 0.1) is 30.5 Å². The van der Waals surface area contributed by atoms with Crippen molar-refractivity contribution < 1.29 is 4.39 Å². The van der Waals surface area contributed by atoms with E-state index in [0.29, 0.717) is 5.92 Å². The molecule has 3 aromatic rings. The van der Waals surface area contributed by atoms with Crippen LogP contribution >= 0.6 is 0 Å². The normalized spacial score (nSPS) is 19.3. The number of nitrogens with zero attached hydrogens (tertiary/aromatic N) is 5. The van der Waals surface area contributed by atoms with Crippen molar-refractivity contribution >= 4 is 6.08 Å². The highest BCUT2D eigenvalue weighted by atomic mass is 19.1. The second-order valence-corrected chi connectivity index (χ2v) is 8.55. The maximum Gasteiger partial charge on any atom is 0.129 e. The van der Waals surface area contributed by atoms with Gasteiger partial charge in [-0.3, -0.25) is 4.68 Å². The molecule has 4 heterocycles. The molecule has 2 aliphatic heterocycles. The average molecular weight is 430 g/mol. The summed E-state index contributed by atoms with van der Waals surface area (Å²) in [6.45, 7) is 3.95. The number of benzene rings is 1. The summed E-state index contributed by atoms with van der Waals surface area (Å²) in [5.74, 6) is 0.281. The Kier molecular flexibility index (Phi) is 5.52. The van der Waals surface area contributed by atoms with Crippen LogP contribution in [0.1, 0.15) is 36.9 Å².